The summed E-state index contributed by atoms with van der Waals surface area (Å²) < 4.78 is 6.02. The van der Waals surface area contributed by atoms with Crippen LogP contribution >= 0.6 is 0 Å². The summed E-state index contributed by atoms with van der Waals surface area (Å²) in [7, 11) is 3.84. The Bertz CT molecular complexity index is 643. The van der Waals surface area contributed by atoms with Crippen molar-refractivity contribution in [3.8, 4) is 5.75 Å². The van der Waals surface area contributed by atoms with E-state index in [0.717, 1.165) is 18.0 Å². The van der Waals surface area contributed by atoms with Crippen LogP contribution in [0.2, 0.25) is 0 Å². The molecule has 1 amide bonds. The number of hydrogen-bond donors (Lipinski definition) is 1. The standard InChI is InChI=1S/C14H18N6O2/c1-19(2)13-11(4-3-6-15-13)22-10-5-7-20(8-10)14(21)12-16-9-17-18-12/h3-4,6,9-10H,5,7-8H2,1-2H3,(H,16,17,18). The summed E-state index contributed by atoms with van der Waals surface area (Å²) in [5.41, 5.74) is 0. The van der Waals surface area contributed by atoms with E-state index < -0.39 is 0 Å². The lowest BCUT2D eigenvalue weighted by molar-refractivity contribution is 0.0761. The van der Waals surface area contributed by atoms with Gasteiger partial charge in [-0.15, -0.1) is 0 Å². The van der Waals surface area contributed by atoms with Gasteiger partial charge < -0.3 is 14.5 Å². The lowest BCUT2D eigenvalue weighted by Gasteiger charge is -2.20. The molecule has 2 aromatic heterocycles. The molecule has 3 rings (SSSR count). The van der Waals surface area contributed by atoms with Gasteiger partial charge in [0.25, 0.3) is 5.91 Å². The van der Waals surface area contributed by atoms with Crippen LogP contribution in [0.5, 0.6) is 5.75 Å². The average molecular weight is 302 g/mol. The van der Waals surface area contributed by atoms with E-state index in [1.165, 1.54) is 6.33 Å². The van der Waals surface area contributed by atoms with E-state index in [-0.39, 0.29) is 17.8 Å². The molecule has 1 fully saturated rings. The fraction of sp³-hybridized carbons (Fsp3) is 0.429. The normalized spacial score (nSPS) is 17.5. The quantitative estimate of drug-likeness (QED) is 0.888. The maximum Gasteiger partial charge on any atom is 0.291 e. The van der Waals surface area contributed by atoms with Crippen molar-refractivity contribution in [2.75, 3.05) is 32.1 Å². The number of rotatable bonds is 4. The van der Waals surface area contributed by atoms with Crippen LogP contribution in [-0.2, 0) is 0 Å². The number of amides is 1. The third kappa shape index (κ3) is 2.85. The molecule has 1 saturated heterocycles. The zero-order chi connectivity index (χ0) is 15.5. The van der Waals surface area contributed by atoms with Crippen molar-refractivity contribution < 1.29 is 9.53 Å². The summed E-state index contributed by atoms with van der Waals surface area (Å²) in [5.74, 6) is 1.62. The summed E-state index contributed by atoms with van der Waals surface area (Å²) in [6.45, 7) is 1.17. The number of H-pyrrole nitrogens is 1. The molecule has 8 heteroatoms. The monoisotopic (exact) mass is 302 g/mol. The van der Waals surface area contributed by atoms with Gasteiger partial charge in [0, 0.05) is 33.3 Å². The first-order chi connectivity index (χ1) is 10.6. The summed E-state index contributed by atoms with van der Waals surface area (Å²) in [5, 5.41) is 6.30. The van der Waals surface area contributed by atoms with Crippen LogP contribution in [0, 0.1) is 0 Å². The van der Waals surface area contributed by atoms with E-state index in [1.54, 1.807) is 11.1 Å². The molecular formula is C14H18N6O2. The second kappa shape index (κ2) is 6.00. The fourth-order valence-electron chi connectivity index (χ4n) is 2.46. The molecule has 116 valence electrons. The zero-order valence-corrected chi connectivity index (χ0v) is 12.6. The molecular weight excluding hydrogens is 284 g/mol. The molecule has 0 spiro atoms. The van der Waals surface area contributed by atoms with Crippen molar-refractivity contribution >= 4 is 11.7 Å². The topological polar surface area (TPSA) is 87.2 Å². The number of hydrogen-bond acceptors (Lipinski definition) is 6. The fourth-order valence-corrected chi connectivity index (χ4v) is 2.46. The van der Waals surface area contributed by atoms with Crippen molar-refractivity contribution in [1.82, 2.24) is 25.1 Å². The first-order valence-corrected chi connectivity index (χ1v) is 7.09. The summed E-state index contributed by atoms with van der Waals surface area (Å²) in [4.78, 5) is 24.0. The third-order valence-corrected chi connectivity index (χ3v) is 3.52. The molecule has 1 aliphatic heterocycles. The predicted octanol–water partition coefficient (Wildman–Crippen LogP) is 0.559. The smallest absolute Gasteiger partial charge is 0.291 e. The first kappa shape index (κ1) is 14.3. The van der Waals surface area contributed by atoms with Gasteiger partial charge in [-0.3, -0.25) is 9.89 Å². The maximum absolute atomic E-state index is 12.2. The number of nitrogens with one attached hydrogen (secondary N) is 1. The van der Waals surface area contributed by atoms with Crippen molar-refractivity contribution in [1.29, 1.82) is 0 Å². The van der Waals surface area contributed by atoms with Crippen LogP contribution in [0.1, 0.15) is 17.0 Å². The average Bonchev–Trinajstić information content (AvgIpc) is 3.18. The van der Waals surface area contributed by atoms with E-state index in [9.17, 15) is 4.79 Å². The highest BCUT2D eigenvalue weighted by Crippen LogP contribution is 2.26. The highest BCUT2D eigenvalue weighted by atomic mass is 16.5. The molecule has 0 bridgehead atoms. The van der Waals surface area contributed by atoms with Gasteiger partial charge in [-0.1, -0.05) is 0 Å². The van der Waals surface area contributed by atoms with E-state index in [0.29, 0.717) is 13.1 Å². The zero-order valence-electron chi connectivity index (χ0n) is 12.6. The third-order valence-electron chi connectivity index (χ3n) is 3.52. The van der Waals surface area contributed by atoms with Crippen LogP contribution < -0.4 is 9.64 Å². The van der Waals surface area contributed by atoms with E-state index in [4.69, 9.17) is 4.74 Å². The number of aromatic nitrogens is 4. The van der Waals surface area contributed by atoms with E-state index in [1.807, 2.05) is 31.1 Å². The molecule has 1 N–H and O–H groups in total. The lowest BCUT2D eigenvalue weighted by atomic mass is 10.3. The number of anilines is 1. The minimum absolute atomic E-state index is 0.0465. The van der Waals surface area contributed by atoms with Gasteiger partial charge in [0.05, 0.1) is 6.54 Å². The number of carbonyl (C=O) groups excluding carboxylic acids is 1. The number of aromatic amines is 1. The van der Waals surface area contributed by atoms with Gasteiger partial charge in [-0.2, -0.15) is 5.10 Å². The van der Waals surface area contributed by atoms with Crippen LogP contribution in [0.3, 0.4) is 0 Å². The van der Waals surface area contributed by atoms with Gasteiger partial charge in [0.1, 0.15) is 12.4 Å². The van der Waals surface area contributed by atoms with E-state index >= 15 is 0 Å². The predicted molar refractivity (Wildman–Crippen MR) is 79.9 cm³/mol. The van der Waals surface area contributed by atoms with Gasteiger partial charge in [0.2, 0.25) is 5.82 Å². The molecule has 2 aromatic rings. The summed E-state index contributed by atoms with van der Waals surface area (Å²) in [6.07, 6.45) is 3.80. The Kier molecular flexibility index (Phi) is 3.90. The van der Waals surface area contributed by atoms with E-state index in [2.05, 4.69) is 20.2 Å². The van der Waals surface area contributed by atoms with Crippen molar-refractivity contribution in [3.63, 3.8) is 0 Å². The van der Waals surface area contributed by atoms with Gasteiger partial charge in [-0.05, 0) is 12.1 Å². The van der Waals surface area contributed by atoms with Crippen molar-refractivity contribution in [3.05, 3.63) is 30.5 Å². The second-order valence-electron chi connectivity index (χ2n) is 5.33. The number of likely N-dealkylation sites (tertiary alicyclic amines) is 1. The Morgan fingerprint density at radius 2 is 2.32 bits per heavy atom. The van der Waals surface area contributed by atoms with Crippen molar-refractivity contribution in [2.45, 2.75) is 12.5 Å². The molecule has 8 nitrogen and oxygen atoms in total. The Labute approximate surface area is 128 Å². The molecule has 0 aromatic carbocycles. The molecule has 22 heavy (non-hydrogen) atoms. The SMILES string of the molecule is CN(C)c1ncccc1OC1CCN(C(=O)c2ncn[nH]2)C1. The first-order valence-electron chi connectivity index (χ1n) is 7.09. The highest BCUT2D eigenvalue weighted by Gasteiger charge is 2.30. The van der Waals surface area contributed by atoms with Gasteiger partial charge in [-0.25, -0.2) is 9.97 Å². The molecule has 3 heterocycles. The maximum atomic E-state index is 12.2. The minimum Gasteiger partial charge on any atom is -0.485 e. The molecule has 1 unspecified atom stereocenters. The van der Waals surface area contributed by atoms with Crippen LogP contribution in [0.15, 0.2) is 24.7 Å². The lowest BCUT2D eigenvalue weighted by Crippen LogP contribution is -2.31. The Morgan fingerprint density at radius 1 is 1.45 bits per heavy atom. The minimum atomic E-state index is -0.150. The molecule has 0 radical (unpaired) electrons. The largest absolute Gasteiger partial charge is 0.485 e. The molecule has 1 aliphatic rings. The summed E-state index contributed by atoms with van der Waals surface area (Å²) >= 11 is 0. The molecule has 0 saturated carbocycles. The molecule has 1 atom stereocenters. The molecule has 0 aliphatic carbocycles. The summed E-state index contributed by atoms with van der Waals surface area (Å²) in [6, 6.07) is 3.73. The Hall–Kier alpha value is -2.64. The number of carbonyl (C=O) groups is 1. The van der Waals surface area contributed by atoms with Gasteiger partial charge >= 0.3 is 0 Å². The Morgan fingerprint density at radius 3 is 3.05 bits per heavy atom. The number of ether oxygens (including phenoxy) is 1. The van der Waals surface area contributed by atoms with Crippen LogP contribution in [0.25, 0.3) is 0 Å². The number of pyridine rings is 1. The second-order valence-corrected chi connectivity index (χ2v) is 5.33. The number of nitrogens with zero attached hydrogens (tertiary/aromatic N) is 5. The van der Waals surface area contributed by atoms with Crippen molar-refractivity contribution in [2.24, 2.45) is 0 Å². The Balaban J connectivity index is 1.65. The van der Waals surface area contributed by atoms with Gasteiger partial charge in [0.15, 0.2) is 11.6 Å². The highest BCUT2D eigenvalue weighted by molar-refractivity contribution is 5.90. The van der Waals surface area contributed by atoms with Crippen LogP contribution in [-0.4, -0.2) is 64.3 Å². The van der Waals surface area contributed by atoms with Crippen LogP contribution in [0.4, 0.5) is 5.82 Å².